The summed E-state index contributed by atoms with van der Waals surface area (Å²) in [6.45, 7) is 4.38. The van der Waals surface area contributed by atoms with Crippen LogP contribution in [0.15, 0.2) is 18.2 Å². The van der Waals surface area contributed by atoms with Crippen LogP contribution in [0.3, 0.4) is 0 Å². The van der Waals surface area contributed by atoms with Crippen LogP contribution in [0, 0.1) is 5.92 Å². The highest BCUT2D eigenvalue weighted by molar-refractivity contribution is 7.80. The lowest BCUT2D eigenvalue weighted by atomic mass is 9.99. The molecule has 1 fully saturated rings. The molecule has 1 saturated heterocycles. The summed E-state index contributed by atoms with van der Waals surface area (Å²) < 4.78 is 0. The van der Waals surface area contributed by atoms with Crippen LogP contribution < -0.4 is 10.6 Å². The van der Waals surface area contributed by atoms with Gasteiger partial charge in [-0.2, -0.15) is 0 Å². The Kier molecular flexibility index (Phi) is 3.89. The maximum absolute atomic E-state index is 6.07. The van der Waals surface area contributed by atoms with Gasteiger partial charge in [0.05, 0.1) is 0 Å². The lowest BCUT2D eigenvalue weighted by molar-refractivity contribution is 0.447. The number of benzene rings is 1. The minimum absolute atomic E-state index is 0.440. The maximum Gasteiger partial charge on any atom is 0.106 e. The molecule has 1 aliphatic rings. The third-order valence-corrected chi connectivity index (χ3v) is 3.68. The number of thiocarbonyl (C=S) groups is 1. The van der Waals surface area contributed by atoms with Crippen molar-refractivity contribution in [1.82, 2.24) is 0 Å². The smallest absolute Gasteiger partial charge is 0.106 e. The van der Waals surface area contributed by atoms with Crippen molar-refractivity contribution in [3.8, 4) is 0 Å². The quantitative estimate of drug-likeness (QED) is 0.836. The summed E-state index contributed by atoms with van der Waals surface area (Å²) in [4.78, 5) is 2.78. The number of nitrogens with two attached hydrogens (primary N) is 1. The van der Waals surface area contributed by atoms with Crippen LogP contribution in [0.5, 0.6) is 0 Å². The first-order valence-electron chi connectivity index (χ1n) is 5.92. The topological polar surface area (TPSA) is 29.3 Å². The largest absolute Gasteiger partial charge is 0.389 e. The summed E-state index contributed by atoms with van der Waals surface area (Å²) in [7, 11) is 0. The Balaban J connectivity index is 2.35. The van der Waals surface area contributed by atoms with Gasteiger partial charge in [-0.3, -0.25) is 0 Å². The van der Waals surface area contributed by atoms with Crippen LogP contribution in [0.4, 0.5) is 5.69 Å². The van der Waals surface area contributed by atoms with Gasteiger partial charge in [0.1, 0.15) is 4.99 Å². The molecule has 0 aliphatic carbocycles. The number of nitrogens with zero attached hydrogens (tertiary/aromatic N) is 1. The van der Waals surface area contributed by atoms with E-state index in [1.165, 1.54) is 12.8 Å². The normalized spacial score (nSPS) is 20.4. The number of piperidine rings is 1. The molecule has 0 amide bonds. The summed E-state index contributed by atoms with van der Waals surface area (Å²) in [5, 5.41) is 0.734. The van der Waals surface area contributed by atoms with E-state index in [-0.39, 0.29) is 0 Å². The molecule has 2 nitrogen and oxygen atoms in total. The summed E-state index contributed by atoms with van der Waals surface area (Å²) in [5.41, 5.74) is 7.78. The summed E-state index contributed by atoms with van der Waals surface area (Å²) >= 11 is 11.2. The first-order valence-corrected chi connectivity index (χ1v) is 6.71. The second-order valence-corrected chi connectivity index (χ2v) is 5.60. The summed E-state index contributed by atoms with van der Waals surface area (Å²) in [6.07, 6.45) is 2.50. The van der Waals surface area contributed by atoms with Crippen molar-refractivity contribution in [2.24, 2.45) is 11.7 Å². The van der Waals surface area contributed by atoms with Crippen LogP contribution in [0.2, 0.25) is 5.02 Å². The number of rotatable bonds is 2. The molecule has 17 heavy (non-hydrogen) atoms. The Morgan fingerprint density at radius 3 is 2.94 bits per heavy atom. The first-order chi connectivity index (χ1) is 8.08. The second kappa shape index (κ2) is 5.23. The molecule has 0 spiro atoms. The zero-order valence-electron chi connectivity index (χ0n) is 9.95. The SMILES string of the molecule is CC1CCCN(c2cc(Cl)ccc2C(N)=S)C1. The zero-order chi connectivity index (χ0) is 12.4. The van der Waals surface area contributed by atoms with Gasteiger partial charge in [0, 0.05) is 29.4 Å². The highest BCUT2D eigenvalue weighted by Crippen LogP contribution is 2.29. The molecule has 0 radical (unpaired) electrons. The van der Waals surface area contributed by atoms with Gasteiger partial charge < -0.3 is 10.6 Å². The third-order valence-electron chi connectivity index (χ3n) is 3.22. The monoisotopic (exact) mass is 268 g/mol. The standard InChI is InChI=1S/C13H17ClN2S/c1-9-3-2-6-16(8-9)12-7-10(14)4-5-11(12)13(15)17/h4-5,7,9H,2-3,6,8H2,1H3,(H2,15,17). The first kappa shape index (κ1) is 12.7. The average Bonchev–Trinajstić information content (AvgIpc) is 2.28. The third kappa shape index (κ3) is 2.90. The van der Waals surface area contributed by atoms with E-state index in [9.17, 15) is 0 Å². The van der Waals surface area contributed by atoms with Gasteiger partial charge in [-0.1, -0.05) is 30.7 Å². The van der Waals surface area contributed by atoms with Crippen molar-refractivity contribution in [2.75, 3.05) is 18.0 Å². The number of hydrogen-bond donors (Lipinski definition) is 1. The van der Waals surface area contributed by atoms with E-state index in [1.807, 2.05) is 18.2 Å². The van der Waals surface area contributed by atoms with Gasteiger partial charge in [-0.15, -0.1) is 0 Å². The van der Waals surface area contributed by atoms with E-state index < -0.39 is 0 Å². The molecular weight excluding hydrogens is 252 g/mol. The van der Waals surface area contributed by atoms with Crippen LogP contribution in [-0.4, -0.2) is 18.1 Å². The van der Waals surface area contributed by atoms with Crippen LogP contribution in [0.1, 0.15) is 25.3 Å². The molecule has 0 saturated carbocycles. The molecule has 92 valence electrons. The second-order valence-electron chi connectivity index (χ2n) is 4.72. The van der Waals surface area contributed by atoms with Crippen molar-refractivity contribution in [3.63, 3.8) is 0 Å². The molecule has 1 aromatic rings. The van der Waals surface area contributed by atoms with E-state index >= 15 is 0 Å². The lowest BCUT2D eigenvalue weighted by Crippen LogP contribution is -2.35. The Morgan fingerprint density at radius 1 is 1.53 bits per heavy atom. The molecule has 1 atom stereocenters. The molecule has 0 aromatic heterocycles. The van der Waals surface area contributed by atoms with Crippen LogP contribution in [-0.2, 0) is 0 Å². The Hall–Kier alpha value is -0.800. The maximum atomic E-state index is 6.07. The number of halogens is 1. The molecule has 1 aliphatic heterocycles. The van der Waals surface area contributed by atoms with E-state index in [2.05, 4.69) is 11.8 Å². The molecule has 2 rings (SSSR count). The highest BCUT2D eigenvalue weighted by atomic mass is 35.5. The minimum atomic E-state index is 0.440. The van der Waals surface area contributed by atoms with Gasteiger partial charge in [-0.25, -0.2) is 0 Å². The van der Waals surface area contributed by atoms with Gasteiger partial charge in [-0.05, 0) is 37.0 Å². The summed E-state index contributed by atoms with van der Waals surface area (Å²) in [5.74, 6) is 0.710. The molecule has 1 heterocycles. The zero-order valence-corrected chi connectivity index (χ0v) is 11.5. The minimum Gasteiger partial charge on any atom is -0.389 e. The van der Waals surface area contributed by atoms with Gasteiger partial charge in [0.15, 0.2) is 0 Å². The molecule has 0 bridgehead atoms. The highest BCUT2D eigenvalue weighted by Gasteiger charge is 2.19. The fraction of sp³-hybridized carbons (Fsp3) is 0.462. The van der Waals surface area contributed by atoms with Crippen molar-refractivity contribution in [3.05, 3.63) is 28.8 Å². The van der Waals surface area contributed by atoms with Crippen molar-refractivity contribution in [1.29, 1.82) is 0 Å². The van der Waals surface area contributed by atoms with E-state index in [0.717, 1.165) is 29.4 Å². The van der Waals surface area contributed by atoms with E-state index in [4.69, 9.17) is 29.6 Å². The number of hydrogen-bond acceptors (Lipinski definition) is 2. The van der Waals surface area contributed by atoms with Crippen molar-refractivity contribution in [2.45, 2.75) is 19.8 Å². The van der Waals surface area contributed by atoms with Gasteiger partial charge >= 0.3 is 0 Å². The Bertz CT molecular complexity index is 433. The fourth-order valence-corrected chi connectivity index (χ4v) is 2.72. The van der Waals surface area contributed by atoms with Gasteiger partial charge in [0.2, 0.25) is 0 Å². The van der Waals surface area contributed by atoms with E-state index in [1.54, 1.807) is 0 Å². The van der Waals surface area contributed by atoms with Crippen LogP contribution in [0.25, 0.3) is 0 Å². The molecule has 2 N–H and O–H groups in total. The van der Waals surface area contributed by atoms with Crippen LogP contribution >= 0.6 is 23.8 Å². The predicted molar refractivity (Wildman–Crippen MR) is 78.0 cm³/mol. The molecule has 1 aromatic carbocycles. The summed E-state index contributed by atoms with van der Waals surface area (Å²) in [6, 6.07) is 5.72. The number of anilines is 1. The van der Waals surface area contributed by atoms with Crippen molar-refractivity contribution >= 4 is 34.5 Å². The molecule has 4 heteroatoms. The lowest BCUT2D eigenvalue weighted by Gasteiger charge is -2.34. The van der Waals surface area contributed by atoms with Crippen molar-refractivity contribution < 1.29 is 0 Å². The Morgan fingerprint density at radius 2 is 2.29 bits per heavy atom. The van der Waals surface area contributed by atoms with E-state index in [0.29, 0.717) is 10.9 Å². The predicted octanol–water partition coefficient (Wildman–Crippen LogP) is 3.21. The average molecular weight is 269 g/mol. The van der Waals surface area contributed by atoms with Gasteiger partial charge in [0.25, 0.3) is 0 Å². The molecular formula is C13H17ClN2S. The fourth-order valence-electron chi connectivity index (χ4n) is 2.38. The molecule has 1 unspecified atom stereocenters. The Labute approximate surface area is 113 Å².